The highest BCUT2D eigenvalue weighted by atomic mass is 16.3. The number of aryl methyl sites for hydroxylation is 2. The fourth-order valence-corrected chi connectivity index (χ4v) is 2.13. The van der Waals surface area contributed by atoms with Gasteiger partial charge in [0.05, 0.1) is 5.69 Å². The van der Waals surface area contributed by atoms with E-state index in [9.17, 15) is 5.11 Å². The minimum Gasteiger partial charge on any atom is -0.493 e. The Kier molecular flexibility index (Phi) is 3.70. The molecule has 0 atom stereocenters. The Balaban J connectivity index is 2.49. The summed E-state index contributed by atoms with van der Waals surface area (Å²) in [7, 11) is 0. The molecule has 1 heterocycles. The van der Waals surface area contributed by atoms with Crippen LogP contribution in [0.5, 0.6) is 5.88 Å². The molecule has 1 N–H and O–H groups in total. The van der Waals surface area contributed by atoms with E-state index in [1.54, 1.807) is 4.68 Å². The lowest BCUT2D eigenvalue weighted by molar-refractivity contribution is 0.393. The van der Waals surface area contributed by atoms with Crippen LogP contribution >= 0.6 is 0 Å². The fraction of sp³-hybridized carbons (Fsp3) is 0.400. The molecule has 18 heavy (non-hydrogen) atoms. The number of aromatic nitrogens is 2. The van der Waals surface area contributed by atoms with Gasteiger partial charge in [0.15, 0.2) is 0 Å². The largest absolute Gasteiger partial charge is 0.493 e. The molecule has 3 nitrogen and oxygen atoms in total. The minimum absolute atomic E-state index is 0.315. The SMILES string of the molecule is CCCn1nc(-c2ccc(C)cc2)c(CC)c1O. The van der Waals surface area contributed by atoms with Crippen molar-refractivity contribution in [2.24, 2.45) is 0 Å². The molecule has 96 valence electrons. The summed E-state index contributed by atoms with van der Waals surface area (Å²) in [6.45, 7) is 6.95. The molecule has 0 aliphatic carbocycles. The van der Waals surface area contributed by atoms with Gasteiger partial charge in [-0.25, -0.2) is 4.68 Å². The zero-order valence-corrected chi connectivity index (χ0v) is 11.3. The number of benzene rings is 1. The van der Waals surface area contributed by atoms with Gasteiger partial charge in [-0.05, 0) is 19.8 Å². The van der Waals surface area contributed by atoms with Gasteiger partial charge in [0.2, 0.25) is 5.88 Å². The summed E-state index contributed by atoms with van der Waals surface area (Å²) in [5.41, 5.74) is 4.15. The van der Waals surface area contributed by atoms with Crippen LogP contribution in [0.25, 0.3) is 11.3 Å². The van der Waals surface area contributed by atoms with Gasteiger partial charge in [-0.2, -0.15) is 5.10 Å². The predicted molar refractivity (Wildman–Crippen MR) is 73.7 cm³/mol. The van der Waals surface area contributed by atoms with Crippen molar-refractivity contribution in [1.29, 1.82) is 0 Å². The molecular weight excluding hydrogens is 224 g/mol. The van der Waals surface area contributed by atoms with Crippen LogP contribution < -0.4 is 0 Å². The summed E-state index contributed by atoms with van der Waals surface area (Å²) in [5, 5.41) is 14.7. The molecule has 0 bridgehead atoms. The topological polar surface area (TPSA) is 38.0 Å². The smallest absolute Gasteiger partial charge is 0.213 e. The second-order valence-corrected chi connectivity index (χ2v) is 4.59. The van der Waals surface area contributed by atoms with Gasteiger partial charge in [0.1, 0.15) is 0 Å². The number of hydrogen-bond donors (Lipinski definition) is 1. The van der Waals surface area contributed by atoms with E-state index in [0.29, 0.717) is 5.88 Å². The van der Waals surface area contributed by atoms with Crippen molar-refractivity contribution in [2.75, 3.05) is 0 Å². The molecule has 0 unspecified atom stereocenters. The summed E-state index contributed by atoms with van der Waals surface area (Å²) in [6, 6.07) is 8.27. The minimum atomic E-state index is 0.315. The molecule has 2 aromatic rings. The molecular formula is C15H20N2O. The standard InChI is InChI=1S/C15H20N2O/c1-4-10-17-15(18)13(5-2)14(16-17)12-8-6-11(3)7-9-12/h6-9,18H,4-5,10H2,1-3H3. The van der Waals surface area contributed by atoms with Crippen molar-refractivity contribution in [2.45, 2.75) is 40.2 Å². The second kappa shape index (κ2) is 5.25. The maximum absolute atomic E-state index is 10.2. The molecule has 0 aliphatic heterocycles. The molecule has 0 spiro atoms. The molecule has 2 rings (SSSR count). The quantitative estimate of drug-likeness (QED) is 0.893. The first-order valence-corrected chi connectivity index (χ1v) is 6.53. The molecule has 3 heteroatoms. The van der Waals surface area contributed by atoms with Gasteiger partial charge in [-0.1, -0.05) is 43.7 Å². The lowest BCUT2D eigenvalue weighted by Crippen LogP contribution is -1.98. The van der Waals surface area contributed by atoms with Crippen molar-refractivity contribution in [1.82, 2.24) is 9.78 Å². The molecule has 0 amide bonds. The van der Waals surface area contributed by atoms with Gasteiger partial charge in [0, 0.05) is 17.7 Å². The van der Waals surface area contributed by atoms with Crippen molar-refractivity contribution in [3.05, 3.63) is 35.4 Å². The van der Waals surface area contributed by atoms with Crippen LogP contribution in [0.2, 0.25) is 0 Å². The van der Waals surface area contributed by atoms with Crippen molar-refractivity contribution in [3.63, 3.8) is 0 Å². The number of hydrogen-bond acceptors (Lipinski definition) is 2. The van der Waals surface area contributed by atoms with E-state index in [4.69, 9.17) is 0 Å². The van der Waals surface area contributed by atoms with Crippen molar-refractivity contribution < 1.29 is 5.11 Å². The van der Waals surface area contributed by atoms with Gasteiger partial charge < -0.3 is 5.11 Å². The van der Waals surface area contributed by atoms with Crippen LogP contribution in [-0.2, 0) is 13.0 Å². The third-order valence-corrected chi connectivity index (χ3v) is 3.13. The lowest BCUT2D eigenvalue weighted by Gasteiger charge is -2.00. The van der Waals surface area contributed by atoms with Crippen molar-refractivity contribution in [3.8, 4) is 17.1 Å². The number of nitrogens with zero attached hydrogens (tertiary/aromatic N) is 2. The van der Waals surface area contributed by atoms with E-state index in [1.165, 1.54) is 5.56 Å². The maximum Gasteiger partial charge on any atom is 0.213 e. The Bertz CT molecular complexity index is 526. The Morgan fingerprint density at radius 1 is 1.17 bits per heavy atom. The van der Waals surface area contributed by atoms with E-state index in [0.717, 1.165) is 36.2 Å². The van der Waals surface area contributed by atoms with E-state index < -0.39 is 0 Å². The Morgan fingerprint density at radius 3 is 2.39 bits per heavy atom. The molecule has 0 aliphatic rings. The Labute approximate surface area is 108 Å². The summed E-state index contributed by atoms with van der Waals surface area (Å²) < 4.78 is 1.70. The highest BCUT2D eigenvalue weighted by molar-refractivity contribution is 5.65. The first-order valence-electron chi connectivity index (χ1n) is 6.53. The first kappa shape index (κ1) is 12.7. The maximum atomic E-state index is 10.2. The predicted octanol–water partition coefficient (Wildman–Crippen LogP) is 3.54. The third-order valence-electron chi connectivity index (χ3n) is 3.13. The number of aromatic hydroxyl groups is 1. The lowest BCUT2D eigenvalue weighted by atomic mass is 10.0. The first-order chi connectivity index (χ1) is 8.67. The Hall–Kier alpha value is -1.77. The van der Waals surface area contributed by atoms with Gasteiger partial charge in [-0.3, -0.25) is 0 Å². The third kappa shape index (κ3) is 2.26. The normalized spacial score (nSPS) is 10.8. The highest BCUT2D eigenvalue weighted by Crippen LogP contribution is 2.30. The van der Waals surface area contributed by atoms with Crippen LogP contribution in [0, 0.1) is 6.92 Å². The fourth-order valence-electron chi connectivity index (χ4n) is 2.13. The molecule has 1 aromatic heterocycles. The molecule has 0 saturated heterocycles. The van der Waals surface area contributed by atoms with Gasteiger partial charge in [0.25, 0.3) is 0 Å². The monoisotopic (exact) mass is 244 g/mol. The van der Waals surface area contributed by atoms with Crippen LogP contribution in [0.4, 0.5) is 0 Å². The second-order valence-electron chi connectivity index (χ2n) is 4.59. The molecule has 0 saturated carbocycles. The van der Waals surface area contributed by atoms with E-state index in [1.807, 2.05) is 6.92 Å². The highest BCUT2D eigenvalue weighted by Gasteiger charge is 2.16. The van der Waals surface area contributed by atoms with Crippen LogP contribution in [-0.4, -0.2) is 14.9 Å². The Morgan fingerprint density at radius 2 is 1.83 bits per heavy atom. The summed E-state index contributed by atoms with van der Waals surface area (Å²) in [6.07, 6.45) is 1.75. The van der Waals surface area contributed by atoms with Crippen molar-refractivity contribution >= 4 is 0 Å². The van der Waals surface area contributed by atoms with Crippen LogP contribution in [0.1, 0.15) is 31.4 Å². The summed E-state index contributed by atoms with van der Waals surface area (Å²) in [5.74, 6) is 0.315. The molecule has 0 radical (unpaired) electrons. The van der Waals surface area contributed by atoms with E-state index in [-0.39, 0.29) is 0 Å². The summed E-state index contributed by atoms with van der Waals surface area (Å²) >= 11 is 0. The van der Waals surface area contributed by atoms with Crippen LogP contribution in [0.15, 0.2) is 24.3 Å². The van der Waals surface area contributed by atoms with E-state index >= 15 is 0 Å². The summed E-state index contributed by atoms with van der Waals surface area (Å²) in [4.78, 5) is 0. The zero-order valence-electron chi connectivity index (χ0n) is 11.3. The van der Waals surface area contributed by atoms with E-state index in [2.05, 4.69) is 43.2 Å². The molecule has 0 fully saturated rings. The van der Waals surface area contributed by atoms with Gasteiger partial charge in [-0.15, -0.1) is 0 Å². The zero-order chi connectivity index (χ0) is 13.1. The van der Waals surface area contributed by atoms with Gasteiger partial charge >= 0.3 is 0 Å². The van der Waals surface area contributed by atoms with Crippen LogP contribution in [0.3, 0.4) is 0 Å². The average Bonchev–Trinajstić information content (AvgIpc) is 2.68. The molecule has 1 aromatic carbocycles. The number of rotatable bonds is 4. The average molecular weight is 244 g/mol.